The summed E-state index contributed by atoms with van der Waals surface area (Å²) in [6.07, 6.45) is 0. The van der Waals surface area contributed by atoms with E-state index in [-0.39, 0.29) is 12.2 Å². The Kier molecular flexibility index (Phi) is 6.50. The normalized spacial score (nSPS) is 11.1. The largest absolute Gasteiger partial charge is 0.337 e. The van der Waals surface area contributed by atoms with Crippen molar-refractivity contribution in [3.63, 3.8) is 0 Å². The van der Waals surface area contributed by atoms with Gasteiger partial charge in [-0.15, -0.1) is 11.3 Å². The van der Waals surface area contributed by atoms with Gasteiger partial charge < -0.3 is 5.32 Å². The molecule has 4 rings (SSSR count). The summed E-state index contributed by atoms with van der Waals surface area (Å²) in [5.74, 6) is 0.348. The molecule has 2 aromatic heterocycles. The minimum atomic E-state index is -0.620. The number of para-hydroxylation sites is 1. The molecule has 0 bridgehead atoms. The van der Waals surface area contributed by atoms with Crippen LogP contribution in [0, 0.1) is 6.92 Å². The first-order chi connectivity index (χ1) is 15.4. The average molecular weight is 487 g/mol. The zero-order valence-electron chi connectivity index (χ0n) is 17.3. The van der Waals surface area contributed by atoms with Crippen LogP contribution in [0.4, 0.5) is 5.69 Å². The summed E-state index contributed by atoms with van der Waals surface area (Å²) in [4.78, 5) is 43.9. The summed E-state index contributed by atoms with van der Waals surface area (Å²) in [5.41, 5.74) is 0.978. The number of rotatable bonds is 6. The number of carbonyl (C=O) groups excluding carboxylic acids is 1. The summed E-state index contributed by atoms with van der Waals surface area (Å²) in [7, 11) is 0. The van der Waals surface area contributed by atoms with Crippen molar-refractivity contribution in [3.8, 4) is 5.69 Å². The number of thioether (sulfide) groups is 1. The molecule has 0 saturated heterocycles. The number of halogens is 1. The van der Waals surface area contributed by atoms with E-state index in [0.717, 1.165) is 15.9 Å². The highest BCUT2D eigenvalue weighted by atomic mass is 35.5. The Bertz CT molecular complexity index is 1430. The van der Waals surface area contributed by atoms with Crippen LogP contribution in [-0.4, -0.2) is 25.8 Å². The van der Waals surface area contributed by atoms with Gasteiger partial charge in [-0.2, -0.15) is 0 Å². The van der Waals surface area contributed by atoms with Gasteiger partial charge in [0, 0.05) is 10.7 Å². The van der Waals surface area contributed by atoms with Crippen LogP contribution in [0.3, 0.4) is 0 Å². The Morgan fingerprint density at radius 1 is 1.19 bits per heavy atom. The first-order valence-corrected chi connectivity index (χ1v) is 12.0. The predicted molar refractivity (Wildman–Crippen MR) is 131 cm³/mol. The number of thiazole rings is 1. The molecule has 1 amide bonds. The van der Waals surface area contributed by atoms with Crippen molar-refractivity contribution >= 4 is 56.6 Å². The highest BCUT2D eigenvalue weighted by molar-refractivity contribution is 8.01. The first-order valence-electron chi connectivity index (χ1n) is 9.79. The van der Waals surface area contributed by atoms with Crippen LogP contribution in [0.5, 0.6) is 0 Å². The number of hydrogen-bond acceptors (Lipinski definition) is 6. The van der Waals surface area contributed by atoms with Crippen molar-refractivity contribution in [2.45, 2.75) is 24.7 Å². The summed E-state index contributed by atoms with van der Waals surface area (Å²) in [6, 6.07) is 13.8. The molecule has 0 fully saturated rings. The standard InChI is InChI=1S/C22H19ClN4O3S2/c1-3-31-21-25-19-18(32-21)20(29)27(15-7-5-4-6-8-15)22(30)26(19)12-17(28)24-16-11-14(23)10-9-13(16)2/h4-11H,3,12H2,1-2H3,(H,24,28). The molecule has 7 nitrogen and oxygen atoms in total. The van der Waals surface area contributed by atoms with E-state index >= 15 is 0 Å². The van der Waals surface area contributed by atoms with Crippen LogP contribution in [0.15, 0.2) is 62.5 Å². The smallest absolute Gasteiger partial charge is 0.324 e. The van der Waals surface area contributed by atoms with E-state index in [2.05, 4.69) is 10.3 Å². The molecule has 0 aliphatic carbocycles. The molecule has 0 aliphatic heterocycles. The third-order valence-corrected chi connectivity index (χ3v) is 7.02. The van der Waals surface area contributed by atoms with Crippen LogP contribution >= 0.6 is 34.7 Å². The third-order valence-electron chi connectivity index (χ3n) is 4.72. The summed E-state index contributed by atoms with van der Waals surface area (Å²) in [5, 5.41) is 3.29. The molecule has 164 valence electrons. The van der Waals surface area contributed by atoms with Crippen molar-refractivity contribution in [2.75, 3.05) is 11.1 Å². The number of benzene rings is 2. The number of nitrogens with one attached hydrogen (secondary N) is 1. The summed E-state index contributed by atoms with van der Waals surface area (Å²) >= 11 is 8.75. The number of amides is 1. The molecule has 0 saturated carbocycles. The summed E-state index contributed by atoms with van der Waals surface area (Å²) in [6.45, 7) is 3.53. The lowest BCUT2D eigenvalue weighted by atomic mass is 10.2. The van der Waals surface area contributed by atoms with E-state index in [4.69, 9.17) is 11.6 Å². The monoisotopic (exact) mass is 486 g/mol. The SMILES string of the molecule is CCSc1nc2c(s1)c(=O)n(-c1ccccc1)c(=O)n2CC(=O)Nc1cc(Cl)ccc1C. The van der Waals surface area contributed by atoms with Gasteiger partial charge in [-0.1, -0.05) is 54.6 Å². The van der Waals surface area contributed by atoms with Gasteiger partial charge in [0.2, 0.25) is 5.91 Å². The van der Waals surface area contributed by atoms with E-state index in [1.807, 2.05) is 13.8 Å². The minimum Gasteiger partial charge on any atom is -0.324 e. The van der Waals surface area contributed by atoms with Crippen LogP contribution in [-0.2, 0) is 11.3 Å². The second-order valence-corrected chi connectivity index (χ2v) is 9.86. The quantitative estimate of drug-likeness (QED) is 0.410. The molecule has 0 radical (unpaired) electrons. The molecule has 2 aromatic carbocycles. The molecule has 0 unspecified atom stereocenters. The van der Waals surface area contributed by atoms with Crippen molar-refractivity contribution in [1.29, 1.82) is 0 Å². The van der Waals surface area contributed by atoms with E-state index in [0.29, 0.717) is 25.4 Å². The third kappa shape index (κ3) is 4.36. The highest BCUT2D eigenvalue weighted by Crippen LogP contribution is 2.27. The Morgan fingerprint density at radius 2 is 1.94 bits per heavy atom. The number of hydrogen-bond donors (Lipinski definition) is 1. The zero-order chi connectivity index (χ0) is 22.8. The highest BCUT2D eigenvalue weighted by Gasteiger charge is 2.20. The Morgan fingerprint density at radius 3 is 2.66 bits per heavy atom. The lowest BCUT2D eigenvalue weighted by Crippen LogP contribution is -2.40. The fraction of sp³-hybridized carbons (Fsp3) is 0.182. The number of fused-ring (bicyclic) bond motifs is 1. The van der Waals surface area contributed by atoms with Gasteiger partial charge in [-0.05, 0) is 42.5 Å². The van der Waals surface area contributed by atoms with Gasteiger partial charge in [-0.25, -0.2) is 14.3 Å². The maximum Gasteiger partial charge on any atom is 0.337 e. The van der Waals surface area contributed by atoms with Crippen molar-refractivity contribution < 1.29 is 4.79 Å². The molecule has 10 heteroatoms. The molecule has 0 spiro atoms. The Hall–Kier alpha value is -2.88. The molecular weight excluding hydrogens is 468 g/mol. The zero-order valence-corrected chi connectivity index (χ0v) is 19.7. The van der Waals surface area contributed by atoms with Gasteiger partial charge in [0.05, 0.1) is 5.69 Å². The Labute approximate surface area is 196 Å². The number of nitrogens with zero attached hydrogens (tertiary/aromatic N) is 3. The molecule has 0 atom stereocenters. The number of aryl methyl sites for hydroxylation is 1. The van der Waals surface area contributed by atoms with E-state index in [1.165, 1.54) is 27.7 Å². The lowest BCUT2D eigenvalue weighted by Gasteiger charge is -2.12. The second-order valence-electron chi connectivity index (χ2n) is 6.92. The van der Waals surface area contributed by atoms with E-state index in [9.17, 15) is 14.4 Å². The fourth-order valence-corrected chi connectivity index (χ4v) is 5.35. The lowest BCUT2D eigenvalue weighted by molar-refractivity contribution is -0.116. The maximum absolute atomic E-state index is 13.4. The van der Waals surface area contributed by atoms with Gasteiger partial charge >= 0.3 is 5.69 Å². The number of anilines is 1. The topological polar surface area (TPSA) is 86.0 Å². The number of aromatic nitrogens is 3. The van der Waals surface area contributed by atoms with Crippen LogP contribution in [0.1, 0.15) is 12.5 Å². The first kappa shape index (κ1) is 22.3. The van der Waals surface area contributed by atoms with Crippen LogP contribution < -0.4 is 16.6 Å². The van der Waals surface area contributed by atoms with Gasteiger partial charge in [0.1, 0.15) is 11.2 Å². The van der Waals surface area contributed by atoms with Crippen LogP contribution in [0.25, 0.3) is 16.0 Å². The van der Waals surface area contributed by atoms with Crippen LogP contribution in [0.2, 0.25) is 5.02 Å². The molecule has 32 heavy (non-hydrogen) atoms. The van der Waals surface area contributed by atoms with E-state index < -0.39 is 17.2 Å². The van der Waals surface area contributed by atoms with Gasteiger partial charge in [0.15, 0.2) is 9.99 Å². The predicted octanol–water partition coefficient (Wildman–Crippen LogP) is 4.32. The van der Waals surface area contributed by atoms with Crippen molar-refractivity contribution in [2.24, 2.45) is 0 Å². The molecule has 2 heterocycles. The second kappa shape index (κ2) is 9.32. The molecule has 4 aromatic rings. The fourth-order valence-electron chi connectivity index (χ4n) is 3.21. The minimum absolute atomic E-state index is 0.214. The maximum atomic E-state index is 13.4. The molecule has 0 aliphatic rings. The van der Waals surface area contributed by atoms with Crippen molar-refractivity contribution in [3.05, 3.63) is 80.0 Å². The van der Waals surface area contributed by atoms with Gasteiger partial charge in [0.25, 0.3) is 5.56 Å². The Balaban J connectivity index is 1.83. The molecule has 1 N–H and O–H groups in total. The van der Waals surface area contributed by atoms with Gasteiger partial charge in [-0.3, -0.25) is 14.2 Å². The van der Waals surface area contributed by atoms with E-state index in [1.54, 1.807) is 48.5 Å². The van der Waals surface area contributed by atoms with Crippen molar-refractivity contribution in [1.82, 2.24) is 14.1 Å². The number of carbonyl (C=O) groups is 1. The molecular formula is C22H19ClN4O3S2. The summed E-state index contributed by atoms with van der Waals surface area (Å²) < 4.78 is 3.33. The average Bonchev–Trinajstić information content (AvgIpc) is 3.19.